The van der Waals surface area contributed by atoms with Crippen LogP contribution in [0.15, 0.2) is 48.5 Å². The Morgan fingerprint density at radius 2 is 1.18 bits per heavy atom. The highest BCUT2D eigenvalue weighted by Crippen LogP contribution is 2.43. The number of nitrogens with two attached hydrogens (primary N) is 1. The molecule has 7 nitrogen and oxygen atoms in total. The molecule has 3 aromatic carbocycles. The van der Waals surface area contributed by atoms with Crippen molar-refractivity contribution in [2.45, 2.75) is 0 Å². The number of carbonyl (C=O) groups excluding carboxylic acids is 3. The number of urea groups is 1. The minimum atomic E-state index is -1.08. The molecule has 0 saturated carbocycles. The molecule has 0 radical (unpaired) electrons. The first-order valence-electron chi connectivity index (χ1n) is 8.73. The van der Waals surface area contributed by atoms with E-state index in [1.165, 1.54) is 0 Å². The van der Waals surface area contributed by atoms with E-state index in [-0.39, 0.29) is 11.1 Å². The SMILES string of the molecule is NC(=O)N1C(=O)c2c(c3c4ccccc4[nH]c3c3[nH]c4ccccc4c23)C1=O. The fourth-order valence-corrected chi connectivity index (χ4v) is 4.37. The quantitative estimate of drug-likeness (QED) is 0.363. The number of hydrogen-bond acceptors (Lipinski definition) is 3. The molecule has 1 aliphatic heterocycles. The Balaban J connectivity index is 1.96. The molecule has 4 amide bonds. The summed E-state index contributed by atoms with van der Waals surface area (Å²) in [6, 6.07) is 14.0. The number of nitrogens with one attached hydrogen (secondary N) is 2. The van der Waals surface area contributed by atoms with E-state index >= 15 is 0 Å². The van der Waals surface area contributed by atoms with Gasteiger partial charge in [-0.3, -0.25) is 9.59 Å². The van der Waals surface area contributed by atoms with Crippen LogP contribution in [0.3, 0.4) is 0 Å². The highest BCUT2D eigenvalue weighted by atomic mass is 16.2. The zero-order chi connectivity index (χ0) is 19.2. The van der Waals surface area contributed by atoms with Crippen LogP contribution in [-0.4, -0.2) is 32.7 Å². The molecule has 6 rings (SSSR count). The van der Waals surface area contributed by atoms with Gasteiger partial charge < -0.3 is 15.7 Å². The number of rotatable bonds is 0. The minimum absolute atomic E-state index is 0.216. The molecule has 0 atom stereocenters. The molecule has 5 aromatic rings. The molecule has 1 aliphatic rings. The predicted octanol–water partition coefficient (Wildman–Crippen LogP) is 3.63. The number of fused-ring (bicyclic) bond motifs is 10. The summed E-state index contributed by atoms with van der Waals surface area (Å²) in [5.41, 5.74) is 8.90. The second kappa shape index (κ2) is 4.77. The monoisotopic (exact) mass is 368 g/mol. The first-order chi connectivity index (χ1) is 13.6. The van der Waals surface area contributed by atoms with Crippen molar-refractivity contribution in [3.63, 3.8) is 0 Å². The van der Waals surface area contributed by atoms with E-state index < -0.39 is 17.8 Å². The Morgan fingerprint density at radius 1 is 0.750 bits per heavy atom. The Labute approximate surface area is 156 Å². The molecule has 28 heavy (non-hydrogen) atoms. The summed E-state index contributed by atoms with van der Waals surface area (Å²) in [6.45, 7) is 0. The number of aromatic nitrogens is 2. The highest BCUT2D eigenvalue weighted by molar-refractivity contribution is 6.41. The fourth-order valence-electron chi connectivity index (χ4n) is 4.37. The third-order valence-electron chi connectivity index (χ3n) is 5.47. The van der Waals surface area contributed by atoms with Crippen LogP contribution in [0.2, 0.25) is 0 Å². The van der Waals surface area contributed by atoms with Crippen molar-refractivity contribution < 1.29 is 14.4 Å². The van der Waals surface area contributed by atoms with E-state index in [1.54, 1.807) is 0 Å². The van der Waals surface area contributed by atoms with Crippen molar-refractivity contribution in [3.05, 3.63) is 59.7 Å². The summed E-state index contributed by atoms with van der Waals surface area (Å²) < 4.78 is 0. The van der Waals surface area contributed by atoms with Gasteiger partial charge in [0.2, 0.25) is 0 Å². The molecule has 0 fully saturated rings. The van der Waals surface area contributed by atoms with E-state index in [1.807, 2.05) is 48.5 Å². The van der Waals surface area contributed by atoms with Gasteiger partial charge in [-0.05, 0) is 12.1 Å². The minimum Gasteiger partial charge on any atom is -0.353 e. The van der Waals surface area contributed by atoms with E-state index in [0.717, 1.165) is 32.8 Å². The molecule has 4 N–H and O–H groups in total. The highest BCUT2D eigenvalue weighted by Gasteiger charge is 2.43. The molecule has 134 valence electrons. The van der Waals surface area contributed by atoms with Gasteiger partial charge in [0.15, 0.2) is 0 Å². The third kappa shape index (κ3) is 1.57. The largest absolute Gasteiger partial charge is 0.353 e. The molecule has 2 aromatic heterocycles. The van der Waals surface area contributed by atoms with E-state index in [0.29, 0.717) is 15.7 Å². The topological polar surface area (TPSA) is 112 Å². The zero-order valence-electron chi connectivity index (χ0n) is 14.4. The molecular formula is C21H12N4O3. The Kier molecular flexibility index (Phi) is 2.55. The number of para-hydroxylation sites is 2. The maximum atomic E-state index is 13.1. The molecule has 3 heterocycles. The van der Waals surface area contributed by atoms with Crippen LogP contribution < -0.4 is 5.73 Å². The van der Waals surface area contributed by atoms with Crippen LogP contribution in [0.1, 0.15) is 20.7 Å². The van der Waals surface area contributed by atoms with Crippen molar-refractivity contribution in [3.8, 4) is 0 Å². The van der Waals surface area contributed by atoms with Crippen molar-refractivity contribution in [1.82, 2.24) is 14.9 Å². The van der Waals surface area contributed by atoms with Gasteiger partial charge in [0, 0.05) is 32.6 Å². The van der Waals surface area contributed by atoms with Gasteiger partial charge in [0.1, 0.15) is 0 Å². The number of nitrogens with zero attached hydrogens (tertiary/aromatic N) is 1. The smallest absolute Gasteiger partial charge is 0.328 e. The van der Waals surface area contributed by atoms with E-state index in [9.17, 15) is 14.4 Å². The molecular weight excluding hydrogens is 356 g/mol. The number of primary amides is 1. The predicted molar refractivity (Wildman–Crippen MR) is 105 cm³/mol. The van der Waals surface area contributed by atoms with Crippen LogP contribution in [0.4, 0.5) is 4.79 Å². The summed E-state index contributed by atoms with van der Waals surface area (Å²) in [5, 5.41) is 2.85. The molecule has 0 aliphatic carbocycles. The third-order valence-corrected chi connectivity index (χ3v) is 5.47. The number of hydrogen-bond donors (Lipinski definition) is 3. The first-order valence-corrected chi connectivity index (χ1v) is 8.73. The zero-order valence-corrected chi connectivity index (χ0v) is 14.4. The summed E-state index contributed by atoms with van der Waals surface area (Å²) >= 11 is 0. The van der Waals surface area contributed by atoms with E-state index in [4.69, 9.17) is 5.73 Å². The average Bonchev–Trinajstić information content (AvgIpc) is 3.31. The molecule has 0 saturated heterocycles. The van der Waals surface area contributed by atoms with Crippen molar-refractivity contribution in [2.24, 2.45) is 5.73 Å². The van der Waals surface area contributed by atoms with E-state index in [2.05, 4.69) is 9.97 Å². The van der Waals surface area contributed by atoms with Gasteiger partial charge in [-0.2, -0.15) is 4.90 Å². The lowest BCUT2D eigenvalue weighted by atomic mass is 9.97. The number of aromatic amines is 2. The normalized spacial score (nSPS) is 14.1. The van der Waals surface area contributed by atoms with Crippen LogP contribution in [-0.2, 0) is 0 Å². The lowest BCUT2D eigenvalue weighted by Crippen LogP contribution is -2.40. The molecule has 0 spiro atoms. The lowest BCUT2D eigenvalue weighted by Gasteiger charge is -2.06. The van der Waals surface area contributed by atoms with Gasteiger partial charge in [-0.25, -0.2) is 4.79 Å². The fraction of sp³-hybridized carbons (Fsp3) is 0. The summed E-state index contributed by atoms with van der Waals surface area (Å²) in [5.74, 6) is -1.37. The van der Waals surface area contributed by atoms with Crippen LogP contribution in [0, 0.1) is 0 Å². The molecule has 0 bridgehead atoms. The summed E-state index contributed by atoms with van der Waals surface area (Å²) in [4.78, 5) is 45.3. The average molecular weight is 368 g/mol. The molecule has 7 heteroatoms. The van der Waals surface area contributed by atoms with Gasteiger partial charge in [0.25, 0.3) is 11.8 Å². The molecule has 0 unspecified atom stereocenters. The summed E-state index contributed by atoms with van der Waals surface area (Å²) in [6.07, 6.45) is 0. The Hall–Kier alpha value is -4.13. The number of imide groups is 3. The number of H-pyrrole nitrogens is 2. The number of benzene rings is 3. The number of carbonyl (C=O) groups is 3. The first kappa shape index (κ1) is 15.0. The van der Waals surface area contributed by atoms with Gasteiger partial charge >= 0.3 is 6.03 Å². The van der Waals surface area contributed by atoms with Crippen molar-refractivity contribution in [1.29, 1.82) is 0 Å². The second-order valence-electron chi connectivity index (χ2n) is 6.88. The van der Waals surface area contributed by atoms with Crippen LogP contribution in [0.25, 0.3) is 43.6 Å². The Morgan fingerprint density at radius 3 is 1.61 bits per heavy atom. The van der Waals surface area contributed by atoms with Crippen molar-refractivity contribution in [2.75, 3.05) is 0 Å². The van der Waals surface area contributed by atoms with Gasteiger partial charge in [0.05, 0.1) is 22.2 Å². The number of amides is 4. The van der Waals surface area contributed by atoms with Crippen molar-refractivity contribution >= 4 is 61.5 Å². The van der Waals surface area contributed by atoms with Crippen LogP contribution in [0.5, 0.6) is 0 Å². The van der Waals surface area contributed by atoms with Crippen LogP contribution >= 0.6 is 0 Å². The van der Waals surface area contributed by atoms with Gasteiger partial charge in [-0.15, -0.1) is 0 Å². The Bertz CT molecular complexity index is 1430. The lowest BCUT2D eigenvalue weighted by molar-refractivity contribution is 0.0711. The van der Waals surface area contributed by atoms with Gasteiger partial charge in [-0.1, -0.05) is 36.4 Å². The summed E-state index contributed by atoms with van der Waals surface area (Å²) in [7, 11) is 0. The second-order valence-corrected chi connectivity index (χ2v) is 6.88. The maximum absolute atomic E-state index is 13.1. The maximum Gasteiger partial charge on any atom is 0.328 e. The standard InChI is InChI=1S/C21H12N4O3/c22-21(28)25-19(26)15-13-9-5-1-3-7-11(9)23-17(13)18-14(16(15)20(25)27)10-6-2-4-8-12(10)24-18/h1-8,23-24H,(H2,22,28).